The first-order valence-electron chi connectivity index (χ1n) is 7.57. The summed E-state index contributed by atoms with van der Waals surface area (Å²) < 4.78 is 11.0. The Morgan fingerprint density at radius 1 is 1.08 bits per heavy atom. The molecule has 6 heteroatoms. The summed E-state index contributed by atoms with van der Waals surface area (Å²) in [6.45, 7) is 0.595. The topological polar surface area (TPSA) is 43.0 Å². The Bertz CT molecular complexity index is 662. The zero-order chi connectivity index (χ0) is 17.4. The first-order valence-corrected chi connectivity index (χ1v) is 7.98. The summed E-state index contributed by atoms with van der Waals surface area (Å²) in [6.07, 6.45) is 0.826. The van der Waals surface area contributed by atoms with Gasteiger partial charge in [-0.05, 0) is 42.0 Å². The number of hydrogen-bond acceptors (Lipinski definition) is 4. The molecule has 5 nitrogen and oxygen atoms in total. The number of hydrogen-bond donors (Lipinski definition) is 1. The van der Waals surface area contributed by atoms with Crippen LogP contribution in [0.2, 0.25) is 0 Å². The van der Waals surface area contributed by atoms with E-state index in [9.17, 15) is 0 Å². The van der Waals surface area contributed by atoms with Crippen molar-refractivity contribution < 1.29 is 14.3 Å². The van der Waals surface area contributed by atoms with Crippen LogP contribution in [0.1, 0.15) is 5.56 Å². The minimum absolute atomic E-state index is 0.480. The molecule has 0 heterocycles. The van der Waals surface area contributed by atoms with Crippen molar-refractivity contribution in [3.63, 3.8) is 0 Å². The summed E-state index contributed by atoms with van der Waals surface area (Å²) in [5.74, 6) is 1.65. The average molecular weight is 346 g/mol. The van der Waals surface area contributed by atoms with Gasteiger partial charge in [-0.25, -0.2) is 5.06 Å². The number of benzene rings is 2. The molecular weight excluding hydrogens is 324 g/mol. The summed E-state index contributed by atoms with van der Waals surface area (Å²) in [7, 11) is 4.96. The molecule has 2 aromatic carbocycles. The van der Waals surface area contributed by atoms with Crippen molar-refractivity contribution in [2.45, 2.75) is 6.42 Å². The quantitative estimate of drug-likeness (QED) is 0.611. The number of nitrogens with one attached hydrogen (secondary N) is 1. The van der Waals surface area contributed by atoms with Gasteiger partial charge in [-0.2, -0.15) is 0 Å². The molecule has 0 aliphatic carbocycles. The highest BCUT2D eigenvalue weighted by atomic mass is 32.1. The fraction of sp³-hybridized carbons (Fsp3) is 0.278. The Balaban J connectivity index is 1.86. The molecule has 0 saturated carbocycles. The van der Waals surface area contributed by atoms with Crippen LogP contribution >= 0.6 is 12.2 Å². The van der Waals surface area contributed by atoms with Gasteiger partial charge in [0.2, 0.25) is 0 Å². The molecule has 0 radical (unpaired) electrons. The third-order valence-electron chi connectivity index (χ3n) is 3.46. The van der Waals surface area contributed by atoms with E-state index in [1.807, 2.05) is 48.5 Å². The molecule has 0 spiro atoms. The average Bonchev–Trinajstić information content (AvgIpc) is 2.62. The van der Waals surface area contributed by atoms with Crippen LogP contribution in [0.5, 0.6) is 11.5 Å². The van der Waals surface area contributed by atoms with Crippen LogP contribution in [0, 0.1) is 0 Å². The number of hydroxylamine groups is 2. The van der Waals surface area contributed by atoms with E-state index in [1.165, 1.54) is 10.6 Å². The molecule has 0 atom stereocenters. The summed E-state index contributed by atoms with van der Waals surface area (Å²) in [5, 5.41) is 5.05. The fourth-order valence-electron chi connectivity index (χ4n) is 2.03. The smallest absolute Gasteiger partial charge is 0.197 e. The highest BCUT2D eigenvalue weighted by Crippen LogP contribution is 2.18. The van der Waals surface area contributed by atoms with E-state index in [4.69, 9.17) is 26.5 Å². The molecule has 0 fully saturated rings. The lowest BCUT2D eigenvalue weighted by atomic mass is 10.1. The van der Waals surface area contributed by atoms with Crippen molar-refractivity contribution in [3.8, 4) is 11.5 Å². The lowest BCUT2D eigenvalue weighted by Crippen LogP contribution is -2.29. The highest BCUT2D eigenvalue weighted by Gasteiger charge is 2.04. The molecule has 24 heavy (non-hydrogen) atoms. The maximum atomic E-state index is 5.82. The second-order valence-corrected chi connectivity index (χ2v) is 5.47. The zero-order valence-corrected chi connectivity index (χ0v) is 14.9. The van der Waals surface area contributed by atoms with E-state index in [0.29, 0.717) is 11.7 Å². The molecule has 0 unspecified atom stereocenters. The summed E-state index contributed by atoms with van der Waals surface area (Å²) >= 11 is 5.21. The number of thiocarbonyl (C=S) groups is 1. The van der Waals surface area contributed by atoms with Crippen molar-refractivity contribution in [2.75, 3.05) is 33.2 Å². The molecule has 2 rings (SSSR count). The van der Waals surface area contributed by atoms with Gasteiger partial charge in [-0.3, -0.25) is 4.84 Å². The Labute approximate surface area is 148 Å². The lowest BCUT2D eigenvalue weighted by Gasteiger charge is -2.18. The number of anilines is 1. The Morgan fingerprint density at radius 3 is 2.50 bits per heavy atom. The van der Waals surface area contributed by atoms with E-state index < -0.39 is 0 Å². The molecule has 0 aromatic heterocycles. The van der Waals surface area contributed by atoms with Crippen molar-refractivity contribution in [2.24, 2.45) is 0 Å². The Morgan fingerprint density at radius 2 is 1.83 bits per heavy atom. The van der Waals surface area contributed by atoms with E-state index in [1.54, 1.807) is 21.3 Å². The third-order valence-corrected chi connectivity index (χ3v) is 3.82. The standard InChI is InChI=1S/C18H22N2O3S/c1-20(22-3)18(24)19-15-5-4-6-17(13-15)23-12-11-14-7-9-16(21-2)10-8-14/h4-10,13H,11-12H2,1-3H3,(H,19,24). The minimum atomic E-state index is 0.480. The van der Waals surface area contributed by atoms with Gasteiger partial charge in [0.15, 0.2) is 5.11 Å². The van der Waals surface area contributed by atoms with Crippen molar-refractivity contribution in [1.82, 2.24) is 5.06 Å². The van der Waals surface area contributed by atoms with Crippen LogP contribution < -0.4 is 14.8 Å². The number of ether oxygens (including phenoxy) is 2. The molecule has 0 aliphatic rings. The SMILES string of the molecule is COc1ccc(CCOc2cccc(NC(=S)N(C)OC)c2)cc1. The van der Waals surface area contributed by atoms with Crippen molar-refractivity contribution in [3.05, 3.63) is 54.1 Å². The molecule has 2 aromatic rings. The predicted octanol–water partition coefficient (Wildman–Crippen LogP) is 3.51. The first kappa shape index (κ1) is 18.0. The summed E-state index contributed by atoms with van der Waals surface area (Å²) in [6, 6.07) is 15.7. The van der Waals surface area contributed by atoms with Gasteiger partial charge in [-0.1, -0.05) is 18.2 Å². The lowest BCUT2D eigenvalue weighted by molar-refractivity contribution is -0.0391. The largest absolute Gasteiger partial charge is 0.497 e. The van der Waals surface area contributed by atoms with E-state index in [-0.39, 0.29) is 0 Å². The van der Waals surface area contributed by atoms with Crippen LogP contribution in [0.4, 0.5) is 5.69 Å². The maximum Gasteiger partial charge on any atom is 0.197 e. The number of methoxy groups -OCH3 is 1. The zero-order valence-electron chi connectivity index (χ0n) is 14.1. The molecule has 1 N–H and O–H groups in total. The van der Waals surface area contributed by atoms with E-state index >= 15 is 0 Å². The van der Waals surface area contributed by atoms with Gasteiger partial charge >= 0.3 is 0 Å². The normalized spacial score (nSPS) is 10.1. The van der Waals surface area contributed by atoms with Gasteiger partial charge in [0.1, 0.15) is 11.5 Å². The maximum absolute atomic E-state index is 5.82. The molecular formula is C18H22N2O3S. The van der Waals surface area contributed by atoms with Crippen molar-refractivity contribution in [1.29, 1.82) is 0 Å². The van der Waals surface area contributed by atoms with Gasteiger partial charge in [-0.15, -0.1) is 0 Å². The second-order valence-electron chi connectivity index (χ2n) is 5.08. The molecule has 0 bridgehead atoms. The monoisotopic (exact) mass is 346 g/mol. The predicted molar refractivity (Wildman–Crippen MR) is 99.6 cm³/mol. The Hall–Kier alpha value is -2.31. The highest BCUT2D eigenvalue weighted by molar-refractivity contribution is 7.80. The van der Waals surface area contributed by atoms with E-state index in [2.05, 4.69) is 5.32 Å². The first-order chi connectivity index (χ1) is 11.6. The van der Waals surface area contributed by atoms with Gasteiger partial charge < -0.3 is 14.8 Å². The fourth-order valence-corrected chi connectivity index (χ4v) is 2.22. The van der Waals surface area contributed by atoms with Crippen LogP contribution in [-0.2, 0) is 11.3 Å². The summed E-state index contributed by atoms with van der Waals surface area (Å²) in [5.41, 5.74) is 2.05. The molecule has 128 valence electrons. The third kappa shape index (κ3) is 5.40. The van der Waals surface area contributed by atoms with Crippen LogP contribution in [-0.4, -0.2) is 38.0 Å². The number of nitrogens with zero attached hydrogens (tertiary/aromatic N) is 1. The summed E-state index contributed by atoms with van der Waals surface area (Å²) in [4.78, 5) is 5.03. The Kier molecular flexibility index (Phi) is 6.84. The molecule has 0 aliphatic heterocycles. The van der Waals surface area contributed by atoms with Crippen LogP contribution in [0.15, 0.2) is 48.5 Å². The molecule has 0 saturated heterocycles. The minimum Gasteiger partial charge on any atom is -0.497 e. The van der Waals surface area contributed by atoms with Gasteiger partial charge in [0.25, 0.3) is 0 Å². The molecule has 0 amide bonds. The second kappa shape index (κ2) is 9.10. The van der Waals surface area contributed by atoms with Gasteiger partial charge in [0.05, 0.1) is 20.8 Å². The van der Waals surface area contributed by atoms with Crippen LogP contribution in [0.25, 0.3) is 0 Å². The van der Waals surface area contributed by atoms with E-state index in [0.717, 1.165) is 23.6 Å². The number of rotatable bonds is 7. The van der Waals surface area contributed by atoms with Gasteiger partial charge in [0, 0.05) is 25.2 Å². The van der Waals surface area contributed by atoms with Crippen LogP contribution in [0.3, 0.4) is 0 Å². The van der Waals surface area contributed by atoms with Crippen molar-refractivity contribution >= 4 is 23.0 Å².